The maximum absolute atomic E-state index is 13.8. The van der Waals surface area contributed by atoms with Gasteiger partial charge in [0, 0.05) is 23.9 Å². The molecule has 2 aliphatic heterocycles. The van der Waals surface area contributed by atoms with Gasteiger partial charge in [0.25, 0.3) is 0 Å². The van der Waals surface area contributed by atoms with Crippen molar-refractivity contribution < 1.29 is 9.90 Å². The topological polar surface area (TPSA) is 68.0 Å². The summed E-state index contributed by atoms with van der Waals surface area (Å²) in [5, 5.41) is 18.9. The normalized spacial score (nSPS) is 46.0. The smallest absolute Gasteiger partial charge is 0.156 e. The molecule has 0 aromatic carbocycles. The van der Waals surface area contributed by atoms with Gasteiger partial charge in [0.2, 0.25) is 0 Å². The summed E-state index contributed by atoms with van der Waals surface area (Å²) in [5.74, 6) is 3.80. The van der Waals surface area contributed by atoms with E-state index in [9.17, 15) is 9.90 Å². The molecule has 4 saturated carbocycles. The van der Waals surface area contributed by atoms with Crippen LogP contribution >= 0.6 is 0 Å². The first kappa shape index (κ1) is 22.7. The molecule has 5 heteroatoms. The number of aliphatic hydroxyl groups is 1. The number of carbonyl (C=O) groups excluding carboxylic acids is 1. The van der Waals surface area contributed by atoms with Crippen molar-refractivity contribution in [2.24, 2.45) is 46.3 Å². The monoisotopic (exact) mass is 463 g/mol. The Balaban J connectivity index is 1.24. The Bertz CT molecular complexity index is 1060. The Morgan fingerprint density at radius 2 is 1.94 bits per heavy atom. The van der Waals surface area contributed by atoms with E-state index < -0.39 is 5.60 Å². The lowest BCUT2D eigenvalue weighted by molar-refractivity contribution is -0.151. The van der Waals surface area contributed by atoms with Crippen LogP contribution in [0.5, 0.6) is 0 Å². The summed E-state index contributed by atoms with van der Waals surface area (Å²) in [6.07, 6.45) is 15.0. The molecule has 6 rings (SSSR count). The van der Waals surface area contributed by atoms with Crippen LogP contribution in [-0.2, 0) is 11.3 Å². The van der Waals surface area contributed by atoms with Gasteiger partial charge in [-0.2, -0.15) is 5.10 Å². The van der Waals surface area contributed by atoms with E-state index in [-0.39, 0.29) is 11.3 Å². The number of rotatable bonds is 3. The van der Waals surface area contributed by atoms with Gasteiger partial charge in [-0.1, -0.05) is 20.8 Å². The molecule has 34 heavy (non-hydrogen) atoms. The third kappa shape index (κ3) is 3.32. The quantitative estimate of drug-likeness (QED) is 0.643. The summed E-state index contributed by atoms with van der Waals surface area (Å²) in [6.45, 7) is 9.82. The number of fused-ring (bicyclic) bond motifs is 6. The Hall–Kier alpha value is -1.75. The molecule has 0 saturated heterocycles. The number of ketones is 1. The first-order chi connectivity index (χ1) is 16.1. The van der Waals surface area contributed by atoms with Crippen molar-refractivity contribution in [3.8, 4) is 11.3 Å². The van der Waals surface area contributed by atoms with Crippen molar-refractivity contribution in [3.05, 3.63) is 24.7 Å². The van der Waals surface area contributed by atoms with Crippen LogP contribution in [-0.4, -0.2) is 31.3 Å². The van der Waals surface area contributed by atoms with Crippen molar-refractivity contribution in [1.82, 2.24) is 14.8 Å². The van der Waals surface area contributed by atoms with Gasteiger partial charge in [-0.25, -0.2) is 0 Å². The van der Waals surface area contributed by atoms with Gasteiger partial charge < -0.3 is 9.67 Å². The highest BCUT2D eigenvalue weighted by atomic mass is 16.3. The number of aromatic nitrogens is 3. The third-order valence-electron chi connectivity index (χ3n) is 11.4. The first-order valence-corrected chi connectivity index (χ1v) is 13.6. The lowest BCUT2D eigenvalue weighted by Crippen LogP contribution is -2.55. The number of hydrogen-bond donors (Lipinski definition) is 1. The van der Waals surface area contributed by atoms with Gasteiger partial charge in [0.15, 0.2) is 5.78 Å². The van der Waals surface area contributed by atoms with Crippen molar-refractivity contribution >= 4 is 5.78 Å². The Morgan fingerprint density at radius 1 is 1.12 bits per heavy atom. The molecule has 5 nitrogen and oxygen atoms in total. The third-order valence-corrected chi connectivity index (χ3v) is 11.4. The fourth-order valence-corrected chi connectivity index (χ4v) is 9.74. The lowest BCUT2D eigenvalue weighted by atomic mass is 9.44. The Kier molecular flexibility index (Phi) is 5.09. The van der Waals surface area contributed by atoms with E-state index in [0.29, 0.717) is 35.5 Å². The predicted molar refractivity (Wildman–Crippen MR) is 132 cm³/mol. The number of pyridine rings is 1. The molecule has 6 aliphatic rings. The van der Waals surface area contributed by atoms with Crippen molar-refractivity contribution in [3.63, 3.8) is 0 Å². The van der Waals surface area contributed by atoms with Gasteiger partial charge in [-0.3, -0.25) is 4.79 Å². The van der Waals surface area contributed by atoms with E-state index in [1.807, 2.05) is 30.0 Å². The van der Waals surface area contributed by atoms with Crippen LogP contribution < -0.4 is 0 Å². The van der Waals surface area contributed by atoms with E-state index in [1.54, 1.807) is 6.20 Å². The second kappa shape index (κ2) is 7.62. The molecule has 184 valence electrons. The molecule has 0 spiro atoms. The molecule has 0 amide bonds. The lowest BCUT2D eigenvalue weighted by Gasteiger charge is -2.61. The summed E-state index contributed by atoms with van der Waals surface area (Å²) < 4.78 is 2.01. The second-order valence-electron chi connectivity index (χ2n) is 13.4. The van der Waals surface area contributed by atoms with E-state index in [1.165, 1.54) is 32.1 Å². The van der Waals surface area contributed by atoms with Gasteiger partial charge in [-0.15, -0.1) is 5.10 Å². The predicted octanol–water partition coefficient (Wildman–Crippen LogP) is 5.61. The van der Waals surface area contributed by atoms with E-state index in [4.69, 9.17) is 0 Å². The average Bonchev–Trinajstić information content (AvgIpc) is 3.34. The van der Waals surface area contributed by atoms with E-state index >= 15 is 0 Å². The fraction of sp³-hybridized carbons (Fsp3) is 0.759. The standard InChI is InChI=1S/C29H41N3O2/c1-18-13-23-21-6-5-20-14-27(2,34)10-11-28(20,3)22(21)7-9-29(23,4)26(18)25(33)17-32-12-8-19-15-30-31-24(19)16-32/h8,12,15-16,18,20-23,26,34H,5-7,9-11,13-14,17H2,1-4H3/t18-,20+,21-,22+,23+,26-,27-,28+,29+/m1/s1. The van der Waals surface area contributed by atoms with Crippen molar-refractivity contribution in [1.29, 1.82) is 0 Å². The highest BCUT2D eigenvalue weighted by Gasteiger charge is 2.63. The second-order valence-corrected chi connectivity index (χ2v) is 13.4. The number of carbonyl (C=O) groups is 1. The van der Waals surface area contributed by atoms with Gasteiger partial charge >= 0.3 is 0 Å². The van der Waals surface area contributed by atoms with E-state index in [2.05, 4.69) is 31.0 Å². The fourth-order valence-electron chi connectivity index (χ4n) is 9.74. The molecule has 4 fully saturated rings. The molecule has 0 aromatic rings. The molecular formula is C29H41N3O2. The van der Waals surface area contributed by atoms with E-state index in [0.717, 1.165) is 42.4 Å². The van der Waals surface area contributed by atoms with Crippen LogP contribution in [0.15, 0.2) is 24.7 Å². The van der Waals surface area contributed by atoms with Crippen LogP contribution in [0.25, 0.3) is 11.3 Å². The molecule has 0 unspecified atom stereocenters. The summed E-state index contributed by atoms with van der Waals surface area (Å²) in [4.78, 5) is 13.8. The minimum absolute atomic E-state index is 0.117. The highest BCUT2D eigenvalue weighted by molar-refractivity contribution is 5.82. The summed E-state index contributed by atoms with van der Waals surface area (Å²) in [5.41, 5.74) is 1.89. The highest BCUT2D eigenvalue weighted by Crippen LogP contribution is 2.69. The molecule has 9 atom stereocenters. The minimum atomic E-state index is -0.478. The van der Waals surface area contributed by atoms with Crippen LogP contribution in [0.4, 0.5) is 0 Å². The average molecular weight is 464 g/mol. The largest absolute Gasteiger partial charge is 0.390 e. The maximum atomic E-state index is 13.8. The molecule has 2 heterocycles. The Morgan fingerprint density at radius 3 is 2.76 bits per heavy atom. The number of Topliss-reactive ketones (excluding diaryl/α,β-unsaturated/α-hetero) is 1. The first-order valence-electron chi connectivity index (χ1n) is 13.6. The minimum Gasteiger partial charge on any atom is -0.390 e. The van der Waals surface area contributed by atoms with Crippen LogP contribution in [0.2, 0.25) is 0 Å². The summed E-state index contributed by atoms with van der Waals surface area (Å²) in [6, 6.07) is 2.01. The zero-order chi connectivity index (χ0) is 23.9. The molecule has 4 aliphatic carbocycles. The van der Waals surface area contributed by atoms with Crippen LogP contribution in [0.3, 0.4) is 0 Å². The molecular weight excluding hydrogens is 422 g/mol. The molecule has 0 bridgehead atoms. The number of hydrogen-bond acceptors (Lipinski definition) is 4. The van der Waals surface area contributed by atoms with Crippen LogP contribution in [0, 0.1) is 46.3 Å². The summed E-state index contributed by atoms with van der Waals surface area (Å²) in [7, 11) is 0. The van der Waals surface area contributed by atoms with Crippen molar-refractivity contribution in [2.45, 2.75) is 91.2 Å². The van der Waals surface area contributed by atoms with Gasteiger partial charge in [0.1, 0.15) is 5.69 Å². The SMILES string of the molecule is C[C@@H]1C[C@H]2[C@@H]3CC[C@H]4C[C@](C)(O)CC[C@]4(C)[C@H]3CC[C@]2(C)[C@H]1C(=O)Cn1ccc2cnnc-2c1. The summed E-state index contributed by atoms with van der Waals surface area (Å²) >= 11 is 0. The van der Waals surface area contributed by atoms with Crippen molar-refractivity contribution in [2.75, 3.05) is 0 Å². The maximum Gasteiger partial charge on any atom is 0.156 e. The number of nitrogens with zero attached hydrogens (tertiary/aromatic N) is 3. The molecule has 1 N–H and O–H groups in total. The zero-order valence-electron chi connectivity index (χ0n) is 21.3. The van der Waals surface area contributed by atoms with Crippen LogP contribution in [0.1, 0.15) is 79.1 Å². The molecule has 0 aromatic heterocycles. The zero-order valence-corrected chi connectivity index (χ0v) is 21.3. The van der Waals surface area contributed by atoms with Gasteiger partial charge in [0.05, 0.1) is 18.3 Å². The van der Waals surface area contributed by atoms with Gasteiger partial charge in [-0.05, 0) is 105 Å². The Labute approximate surface area is 204 Å². The molecule has 0 radical (unpaired) electrons.